The van der Waals surface area contributed by atoms with E-state index in [0.29, 0.717) is 11.6 Å². The summed E-state index contributed by atoms with van der Waals surface area (Å²) in [7, 11) is -2.13. The van der Waals surface area contributed by atoms with Gasteiger partial charge in [-0.3, -0.25) is 0 Å². The van der Waals surface area contributed by atoms with Crippen LogP contribution in [0.4, 0.5) is 0 Å². The Labute approximate surface area is 173 Å². The van der Waals surface area contributed by atoms with Crippen LogP contribution >= 0.6 is 11.6 Å². The van der Waals surface area contributed by atoms with Crippen LogP contribution in [-0.2, 0) is 4.43 Å². The fourth-order valence-electron chi connectivity index (χ4n) is 3.88. The first-order chi connectivity index (χ1) is 12.7. The Bertz CT molecular complexity index is 903. The summed E-state index contributed by atoms with van der Waals surface area (Å²) in [5, 5.41) is 12.9. The highest BCUT2D eigenvalue weighted by molar-refractivity contribution is 6.74. The fourth-order valence-corrected chi connectivity index (χ4v) is 5.44. The Balaban J connectivity index is 2.14. The van der Waals surface area contributed by atoms with Gasteiger partial charge in [0, 0.05) is 11.6 Å². The molecule has 7 heteroatoms. The summed E-state index contributed by atoms with van der Waals surface area (Å²) in [6, 6.07) is 1.84. The van der Waals surface area contributed by atoms with Crippen molar-refractivity contribution in [3.8, 4) is 0 Å². The second kappa shape index (κ2) is 6.66. The Hall–Kier alpha value is -1.21. The summed E-state index contributed by atoms with van der Waals surface area (Å²) in [6.07, 6.45) is 5.63. The van der Waals surface area contributed by atoms with Gasteiger partial charge in [-0.15, -0.1) is 6.58 Å². The normalized spacial score (nSPS) is 31.5. The lowest BCUT2D eigenvalue weighted by Crippen LogP contribution is -2.54. The quantitative estimate of drug-likeness (QED) is 0.410. The van der Waals surface area contributed by atoms with Crippen molar-refractivity contribution in [3.63, 3.8) is 0 Å². The van der Waals surface area contributed by atoms with Crippen LogP contribution in [-0.4, -0.2) is 39.7 Å². The molecule has 3 rings (SSSR count). The molecule has 0 spiro atoms. The van der Waals surface area contributed by atoms with Crippen molar-refractivity contribution in [2.24, 2.45) is 5.41 Å². The zero-order valence-corrected chi connectivity index (χ0v) is 19.7. The molecule has 2 aromatic rings. The molecule has 0 bridgehead atoms. The molecular formula is C21H32ClN3O2Si. The molecule has 1 N–H and O–H groups in total. The van der Waals surface area contributed by atoms with E-state index >= 15 is 0 Å². The first kappa shape index (κ1) is 21.5. The van der Waals surface area contributed by atoms with E-state index in [1.807, 2.05) is 25.3 Å². The van der Waals surface area contributed by atoms with Crippen molar-refractivity contribution < 1.29 is 9.53 Å². The molecule has 1 fully saturated rings. The van der Waals surface area contributed by atoms with Gasteiger partial charge in [0.05, 0.1) is 23.1 Å². The highest BCUT2D eigenvalue weighted by Crippen LogP contribution is 2.55. The summed E-state index contributed by atoms with van der Waals surface area (Å²) >= 11 is 6.26. The Kier molecular flexibility index (Phi) is 5.11. The van der Waals surface area contributed by atoms with Crippen LogP contribution in [0.5, 0.6) is 0 Å². The van der Waals surface area contributed by atoms with Crippen LogP contribution in [0.1, 0.15) is 47.1 Å². The zero-order chi connectivity index (χ0) is 21.1. The lowest BCUT2D eigenvalue weighted by molar-refractivity contribution is -0.0863. The third-order valence-electron chi connectivity index (χ3n) is 7.19. The third kappa shape index (κ3) is 3.14. The molecule has 4 atom stereocenters. The van der Waals surface area contributed by atoms with Crippen molar-refractivity contribution in [3.05, 3.63) is 36.4 Å². The SMILES string of the molecule is C=C[C@@]1(C)C[C@@H](n2ccc3c(Cl)ncnc32)[C@H](O[Si](C)(C)C(C)(C)C)[C@]1(C)O. The molecule has 2 aromatic heterocycles. The summed E-state index contributed by atoms with van der Waals surface area (Å²) < 4.78 is 8.92. The van der Waals surface area contributed by atoms with E-state index in [0.717, 1.165) is 11.0 Å². The van der Waals surface area contributed by atoms with Gasteiger partial charge in [-0.1, -0.05) is 45.4 Å². The van der Waals surface area contributed by atoms with E-state index in [4.69, 9.17) is 16.0 Å². The summed E-state index contributed by atoms with van der Waals surface area (Å²) in [4.78, 5) is 8.55. The highest BCUT2D eigenvalue weighted by Gasteiger charge is 2.60. The molecule has 1 saturated carbocycles. The number of fused-ring (bicyclic) bond motifs is 1. The minimum Gasteiger partial charge on any atom is -0.409 e. The van der Waals surface area contributed by atoms with E-state index in [1.54, 1.807) is 0 Å². The lowest BCUT2D eigenvalue weighted by Gasteiger charge is -2.45. The average molecular weight is 422 g/mol. The van der Waals surface area contributed by atoms with Crippen molar-refractivity contribution in [2.45, 2.75) is 76.9 Å². The Morgan fingerprint density at radius 2 is 2.00 bits per heavy atom. The van der Waals surface area contributed by atoms with Crippen LogP contribution in [0.2, 0.25) is 23.3 Å². The van der Waals surface area contributed by atoms with Crippen LogP contribution in [0, 0.1) is 5.41 Å². The molecule has 28 heavy (non-hydrogen) atoms. The van der Waals surface area contributed by atoms with Gasteiger partial charge < -0.3 is 14.1 Å². The molecule has 0 unspecified atom stereocenters. The number of rotatable bonds is 4. The van der Waals surface area contributed by atoms with Gasteiger partial charge in [0.15, 0.2) is 8.32 Å². The minimum atomic E-state index is -2.13. The molecule has 0 aliphatic heterocycles. The minimum absolute atomic E-state index is 0.0328. The van der Waals surface area contributed by atoms with Gasteiger partial charge in [0.1, 0.15) is 17.1 Å². The first-order valence-electron chi connectivity index (χ1n) is 9.76. The molecule has 1 aliphatic rings. The smallest absolute Gasteiger partial charge is 0.192 e. The number of aromatic nitrogens is 3. The number of aliphatic hydroxyl groups is 1. The number of halogens is 1. The van der Waals surface area contributed by atoms with Crippen molar-refractivity contribution in [1.82, 2.24) is 14.5 Å². The summed E-state index contributed by atoms with van der Waals surface area (Å²) in [6.45, 7) is 19.0. The maximum absolute atomic E-state index is 11.7. The molecule has 1 aliphatic carbocycles. The van der Waals surface area contributed by atoms with Gasteiger partial charge in [0.25, 0.3) is 0 Å². The number of hydrogen-bond donors (Lipinski definition) is 1. The molecule has 0 radical (unpaired) electrons. The Morgan fingerprint density at radius 1 is 1.36 bits per heavy atom. The Morgan fingerprint density at radius 3 is 2.57 bits per heavy atom. The predicted molar refractivity (Wildman–Crippen MR) is 117 cm³/mol. The van der Waals surface area contributed by atoms with E-state index in [1.165, 1.54) is 6.33 Å². The van der Waals surface area contributed by atoms with Gasteiger partial charge in [-0.2, -0.15) is 0 Å². The van der Waals surface area contributed by atoms with E-state index in [2.05, 4.69) is 61.9 Å². The van der Waals surface area contributed by atoms with Crippen LogP contribution in [0.15, 0.2) is 31.2 Å². The highest BCUT2D eigenvalue weighted by atomic mass is 35.5. The van der Waals surface area contributed by atoms with E-state index in [-0.39, 0.29) is 17.2 Å². The summed E-state index contributed by atoms with van der Waals surface area (Å²) in [5.74, 6) is 0. The zero-order valence-electron chi connectivity index (χ0n) is 18.0. The van der Waals surface area contributed by atoms with E-state index < -0.39 is 19.3 Å². The first-order valence-corrected chi connectivity index (χ1v) is 13.0. The van der Waals surface area contributed by atoms with Gasteiger partial charge >= 0.3 is 0 Å². The van der Waals surface area contributed by atoms with Gasteiger partial charge in [-0.05, 0) is 37.5 Å². The summed E-state index contributed by atoms with van der Waals surface area (Å²) in [5.41, 5.74) is -0.793. The topological polar surface area (TPSA) is 60.2 Å². The molecule has 2 heterocycles. The maximum atomic E-state index is 11.7. The number of nitrogens with zero attached hydrogens (tertiary/aromatic N) is 3. The molecule has 0 saturated heterocycles. The van der Waals surface area contributed by atoms with Crippen LogP contribution < -0.4 is 0 Å². The molecule has 5 nitrogen and oxygen atoms in total. The maximum Gasteiger partial charge on any atom is 0.192 e. The molecular weight excluding hydrogens is 390 g/mol. The third-order valence-corrected chi connectivity index (χ3v) is 11.9. The monoisotopic (exact) mass is 421 g/mol. The van der Waals surface area contributed by atoms with Crippen LogP contribution in [0.25, 0.3) is 11.0 Å². The molecule has 0 amide bonds. The molecule has 154 valence electrons. The fraction of sp³-hybridized carbons (Fsp3) is 0.619. The van der Waals surface area contributed by atoms with Crippen molar-refractivity contribution in [2.75, 3.05) is 0 Å². The van der Waals surface area contributed by atoms with Gasteiger partial charge in [-0.25, -0.2) is 9.97 Å². The lowest BCUT2D eigenvalue weighted by atomic mass is 9.77. The number of hydrogen-bond acceptors (Lipinski definition) is 4. The van der Waals surface area contributed by atoms with Gasteiger partial charge in [0.2, 0.25) is 0 Å². The average Bonchev–Trinajstić information content (AvgIpc) is 3.08. The molecule has 0 aromatic carbocycles. The van der Waals surface area contributed by atoms with E-state index in [9.17, 15) is 5.11 Å². The van der Waals surface area contributed by atoms with Crippen molar-refractivity contribution >= 4 is 31.0 Å². The van der Waals surface area contributed by atoms with Crippen molar-refractivity contribution in [1.29, 1.82) is 0 Å². The second-order valence-corrected chi connectivity index (χ2v) is 15.1. The predicted octanol–water partition coefficient (Wildman–Crippen LogP) is 5.36. The van der Waals surface area contributed by atoms with Crippen LogP contribution in [0.3, 0.4) is 0 Å². The largest absolute Gasteiger partial charge is 0.409 e. The standard InChI is InChI=1S/C21H32ClN3O2Si/c1-9-20(5)12-15(25-11-10-14-17(22)23-13-24-18(14)25)16(21(20,6)26)27-28(7,8)19(2,3)4/h9-11,13,15-16,26H,1,12H2,2-8H3/t15-,16+,20+,21+/m1/s1. The second-order valence-electron chi connectivity index (χ2n) is 9.96.